The highest BCUT2D eigenvalue weighted by molar-refractivity contribution is 7.89. The van der Waals surface area contributed by atoms with Crippen molar-refractivity contribution < 1.29 is 17.9 Å². The lowest BCUT2D eigenvalue weighted by molar-refractivity contribution is 0.244. The van der Waals surface area contributed by atoms with E-state index in [0.29, 0.717) is 24.8 Å². The Kier molecular flexibility index (Phi) is 3.79. The van der Waals surface area contributed by atoms with Gasteiger partial charge in [-0.25, -0.2) is 8.42 Å². The first-order chi connectivity index (χ1) is 8.45. The SMILES string of the molecule is Cc1oc(CO)cc1S(=O)(=O)N1CCCC(C)C1. The average molecular weight is 273 g/mol. The number of piperidine rings is 1. The lowest BCUT2D eigenvalue weighted by Gasteiger charge is -2.29. The maximum Gasteiger partial charge on any atom is 0.246 e. The highest BCUT2D eigenvalue weighted by Gasteiger charge is 2.31. The summed E-state index contributed by atoms with van der Waals surface area (Å²) in [5.41, 5.74) is 0. The summed E-state index contributed by atoms with van der Waals surface area (Å²) >= 11 is 0. The molecular weight excluding hydrogens is 254 g/mol. The van der Waals surface area contributed by atoms with E-state index in [-0.39, 0.29) is 17.3 Å². The zero-order valence-corrected chi connectivity index (χ0v) is 11.5. The van der Waals surface area contributed by atoms with E-state index >= 15 is 0 Å². The predicted molar refractivity (Wildman–Crippen MR) is 66.5 cm³/mol. The van der Waals surface area contributed by atoms with E-state index < -0.39 is 10.0 Å². The van der Waals surface area contributed by atoms with Gasteiger partial charge in [0, 0.05) is 19.2 Å². The van der Waals surface area contributed by atoms with Gasteiger partial charge >= 0.3 is 0 Å². The first-order valence-corrected chi connectivity index (χ1v) is 7.59. The average Bonchev–Trinajstić information content (AvgIpc) is 2.71. The van der Waals surface area contributed by atoms with Crippen molar-refractivity contribution in [3.8, 4) is 0 Å². The van der Waals surface area contributed by atoms with Gasteiger partial charge in [0.1, 0.15) is 23.0 Å². The second-order valence-electron chi connectivity index (χ2n) is 4.90. The molecular formula is C12H19NO4S. The van der Waals surface area contributed by atoms with Crippen LogP contribution in [0.4, 0.5) is 0 Å². The molecule has 0 aliphatic carbocycles. The highest BCUT2D eigenvalue weighted by atomic mass is 32.2. The van der Waals surface area contributed by atoms with Gasteiger partial charge in [0.25, 0.3) is 0 Å². The number of nitrogens with zero attached hydrogens (tertiary/aromatic N) is 1. The minimum absolute atomic E-state index is 0.181. The third-order valence-corrected chi connectivity index (χ3v) is 5.29. The number of aliphatic hydroxyl groups excluding tert-OH is 1. The fourth-order valence-corrected chi connectivity index (χ4v) is 4.15. The molecule has 1 N–H and O–H groups in total. The molecule has 2 heterocycles. The summed E-state index contributed by atoms with van der Waals surface area (Å²) in [6.45, 7) is 4.50. The van der Waals surface area contributed by atoms with Crippen LogP contribution in [0.5, 0.6) is 0 Å². The van der Waals surface area contributed by atoms with Crippen LogP contribution in [0.2, 0.25) is 0 Å². The van der Waals surface area contributed by atoms with Crippen LogP contribution in [-0.2, 0) is 16.6 Å². The topological polar surface area (TPSA) is 70.8 Å². The Morgan fingerprint density at radius 2 is 2.28 bits per heavy atom. The van der Waals surface area contributed by atoms with Gasteiger partial charge in [0.05, 0.1) is 0 Å². The van der Waals surface area contributed by atoms with Gasteiger partial charge in [0.15, 0.2) is 0 Å². The molecule has 1 saturated heterocycles. The van der Waals surface area contributed by atoms with Crippen LogP contribution in [0, 0.1) is 12.8 Å². The largest absolute Gasteiger partial charge is 0.462 e. The van der Waals surface area contributed by atoms with Gasteiger partial charge in [-0.15, -0.1) is 0 Å². The molecule has 1 fully saturated rings. The molecule has 1 atom stereocenters. The number of hydrogen-bond donors (Lipinski definition) is 1. The smallest absolute Gasteiger partial charge is 0.246 e. The lowest BCUT2D eigenvalue weighted by atomic mass is 10.0. The second-order valence-corrected chi connectivity index (χ2v) is 6.81. The summed E-state index contributed by atoms with van der Waals surface area (Å²) in [7, 11) is -3.49. The fourth-order valence-electron chi connectivity index (χ4n) is 2.36. The van der Waals surface area contributed by atoms with Crippen LogP contribution in [-0.4, -0.2) is 30.9 Å². The maximum absolute atomic E-state index is 12.5. The van der Waals surface area contributed by atoms with Crippen LogP contribution >= 0.6 is 0 Å². The molecule has 0 radical (unpaired) electrons. The number of aliphatic hydroxyl groups is 1. The third-order valence-electron chi connectivity index (χ3n) is 3.32. The van der Waals surface area contributed by atoms with Crippen LogP contribution in [0.3, 0.4) is 0 Å². The minimum atomic E-state index is -3.49. The first kappa shape index (κ1) is 13.6. The molecule has 0 aromatic carbocycles. The van der Waals surface area contributed by atoms with Gasteiger partial charge in [-0.1, -0.05) is 6.92 Å². The fraction of sp³-hybridized carbons (Fsp3) is 0.667. The van der Waals surface area contributed by atoms with Gasteiger partial charge in [-0.05, 0) is 25.7 Å². The summed E-state index contributed by atoms with van der Waals surface area (Å²) in [6, 6.07) is 1.42. The Balaban J connectivity index is 2.32. The van der Waals surface area contributed by atoms with Crippen molar-refractivity contribution in [2.24, 2.45) is 5.92 Å². The van der Waals surface area contributed by atoms with E-state index in [1.807, 2.05) is 0 Å². The van der Waals surface area contributed by atoms with Crippen molar-refractivity contribution in [1.29, 1.82) is 0 Å². The number of sulfonamides is 1. The molecule has 1 aromatic rings. The first-order valence-electron chi connectivity index (χ1n) is 6.15. The summed E-state index contributed by atoms with van der Waals surface area (Å²) in [4.78, 5) is 0.181. The Hall–Kier alpha value is -0.850. The Labute approximate surface area is 107 Å². The summed E-state index contributed by atoms with van der Waals surface area (Å²) in [6.07, 6.45) is 1.96. The van der Waals surface area contributed by atoms with E-state index in [1.54, 1.807) is 6.92 Å². The predicted octanol–water partition coefficient (Wildman–Crippen LogP) is 1.50. The normalized spacial score (nSPS) is 22.3. The van der Waals surface area contributed by atoms with E-state index in [0.717, 1.165) is 12.8 Å². The van der Waals surface area contributed by atoms with Gasteiger partial charge in [0.2, 0.25) is 10.0 Å². The van der Waals surface area contributed by atoms with E-state index in [9.17, 15) is 8.42 Å². The number of hydrogen-bond acceptors (Lipinski definition) is 4. The molecule has 6 heteroatoms. The number of aryl methyl sites for hydroxylation is 1. The highest BCUT2D eigenvalue weighted by Crippen LogP contribution is 2.27. The molecule has 5 nitrogen and oxygen atoms in total. The summed E-state index contributed by atoms with van der Waals surface area (Å²) in [5.74, 6) is 1.02. The quantitative estimate of drug-likeness (QED) is 0.906. The monoisotopic (exact) mass is 273 g/mol. The van der Waals surface area contributed by atoms with Crippen LogP contribution in [0.15, 0.2) is 15.4 Å². The van der Waals surface area contributed by atoms with E-state index in [4.69, 9.17) is 9.52 Å². The molecule has 18 heavy (non-hydrogen) atoms. The minimum Gasteiger partial charge on any atom is -0.462 e. The number of rotatable bonds is 3. The van der Waals surface area contributed by atoms with E-state index in [2.05, 4.69) is 6.92 Å². The Bertz CT molecular complexity index is 520. The molecule has 1 aliphatic heterocycles. The van der Waals surface area contributed by atoms with Crippen LogP contribution in [0.1, 0.15) is 31.3 Å². The zero-order chi connectivity index (χ0) is 13.3. The molecule has 2 rings (SSSR count). The standard InChI is InChI=1S/C12H19NO4S/c1-9-4-3-5-13(7-9)18(15,16)12-6-11(8-14)17-10(12)2/h6,9,14H,3-5,7-8H2,1-2H3. The zero-order valence-electron chi connectivity index (χ0n) is 10.7. The Morgan fingerprint density at radius 3 is 2.83 bits per heavy atom. The van der Waals surface area contributed by atoms with Crippen molar-refractivity contribution in [3.63, 3.8) is 0 Å². The molecule has 1 unspecified atom stereocenters. The van der Waals surface area contributed by atoms with Gasteiger partial charge in [-0.2, -0.15) is 4.31 Å². The van der Waals surface area contributed by atoms with Gasteiger partial charge in [-0.3, -0.25) is 0 Å². The summed E-state index contributed by atoms with van der Waals surface area (Å²) in [5, 5.41) is 8.99. The van der Waals surface area contributed by atoms with Gasteiger partial charge < -0.3 is 9.52 Å². The van der Waals surface area contributed by atoms with Crippen LogP contribution < -0.4 is 0 Å². The molecule has 0 saturated carbocycles. The number of furan rings is 1. The van der Waals surface area contributed by atoms with Crippen molar-refractivity contribution in [2.45, 2.75) is 38.2 Å². The van der Waals surface area contributed by atoms with Crippen LogP contribution in [0.25, 0.3) is 0 Å². The van der Waals surface area contributed by atoms with Crippen molar-refractivity contribution in [2.75, 3.05) is 13.1 Å². The second kappa shape index (κ2) is 5.03. The van der Waals surface area contributed by atoms with E-state index in [1.165, 1.54) is 10.4 Å². The van der Waals surface area contributed by atoms with Crippen molar-refractivity contribution >= 4 is 10.0 Å². The molecule has 1 aromatic heterocycles. The third kappa shape index (κ3) is 2.46. The molecule has 0 bridgehead atoms. The molecule has 102 valence electrons. The summed E-state index contributed by atoms with van der Waals surface area (Å²) < 4.78 is 31.7. The van der Waals surface area contributed by atoms with Crippen molar-refractivity contribution in [1.82, 2.24) is 4.31 Å². The Morgan fingerprint density at radius 1 is 1.56 bits per heavy atom. The molecule has 1 aliphatic rings. The molecule has 0 spiro atoms. The van der Waals surface area contributed by atoms with Crippen molar-refractivity contribution in [3.05, 3.63) is 17.6 Å². The maximum atomic E-state index is 12.5. The lowest BCUT2D eigenvalue weighted by Crippen LogP contribution is -2.39. The molecule has 0 amide bonds.